The SMILES string of the molecule is CCC(C)c1ccccc1N1CC(C(=O)NC(CCSC)c2nnc3ccccn23)CC1=O. The zero-order valence-corrected chi connectivity index (χ0v) is 20.2. The monoisotopic (exact) mass is 465 g/mol. The maximum absolute atomic E-state index is 13.3. The third kappa shape index (κ3) is 4.90. The first-order valence-electron chi connectivity index (χ1n) is 11.5. The number of carbonyl (C=O) groups is 2. The molecule has 33 heavy (non-hydrogen) atoms. The van der Waals surface area contributed by atoms with E-state index >= 15 is 0 Å². The topological polar surface area (TPSA) is 79.6 Å². The summed E-state index contributed by atoms with van der Waals surface area (Å²) in [5.41, 5.74) is 2.83. The van der Waals surface area contributed by atoms with Gasteiger partial charge in [-0.25, -0.2) is 0 Å². The summed E-state index contributed by atoms with van der Waals surface area (Å²) in [5, 5.41) is 11.8. The van der Waals surface area contributed by atoms with E-state index in [2.05, 4.69) is 35.4 Å². The standard InChI is InChI=1S/C25H31N5O2S/c1-4-17(2)19-9-5-6-10-21(19)30-16-18(15-23(30)31)25(32)26-20(12-14-33-3)24-28-27-22-11-7-8-13-29(22)24/h5-11,13,17-18,20H,4,12,14-16H2,1-3H3,(H,26,32). The molecule has 0 aliphatic carbocycles. The van der Waals surface area contributed by atoms with Crippen molar-refractivity contribution in [3.05, 3.63) is 60.0 Å². The van der Waals surface area contributed by atoms with E-state index in [1.54, 1.807) is 16.7 Å². The molecule has 1 saturated heterocycles. The number of benzene rings is 1. The minimum atomic E-state index is -0.390. The molecule has 8 heteroatoms. The lowest BCUT2D eigenvalue weighted by Crippen LogP contribution is -2.36. The number of anilines is 1. The van der Waals surface area contributed by atoms with E-state index in [4.69, 9.17) is 0 Å². The fraction of sp³-hybridized carbons (Fsp3) is 0.440. The molecule has 0 bridgehead atoms. The summed E-state index contributed by atoms with van der Waals surface area (Å²) in [6.07, 6.45) is 5.91. The zero-order valence-electron chi connectivity index (χ0n) is 19.4. The van der Waals surface area contributed by atoms with Gasteiger partial charge in [-0.05, 0) is 54.5 Å². The highest BCUT2D eigenvalue weighted by atomic mass is 32.2. The Labute approximate surface area is 199 Å². The Hall–Kier alpha value is -2.87. The van der Waals surface area contributed by atoms with Gasteiger partial charge in [-0.1, -0.05) is 38.1 Å². The van der Waals surface area contributed by atoms with Gasteiger partial charge in [-0.3, -0.25) is 14.0 Å². The number of pyridine rings is 1. The number of carbonyl (C=O) groups excluding carboxylic acids is 2. The van der Waals surface area contributed by atoms with Crippen molar-refractivity contribution in [2.45, 2.75) is 45.1 Å². The summed E-state index contributed by atoms with van der Waals surface area (Å²) >= 11 is 1.73. The Morgan fingerprint density at radius 2 is 2.00 bits per heavy atom. The van der Waals surface area contributed by atoms with Gasteiger partial charge in [-0.15, -0.1) is 10.2 Å². The first-order chi connectivity index (χ1) is 16.0. The number of fused-ring (bicyclic) bond motifs is 1. The number of thioether (sulfide) groups is 1. The quantitative estimate of drug-likeness (QED) is 0.512. The Morgan fingerprint density at radius 3 is 2.79 bits per heavy atom. The number of aromatic nitrogens is 3. The molecule has 2 aromatic heterocycles. The first kappa shape index (κ1) is 23.3. The van der Waals surface area contributed by atoms with Crippen LogP contribution < -0.4 is 10.2 Å². The van der Waals surface area contributed by atoms with E-state index in [-0.39, 0.29) is 24.3 Å². The Morgan fingerprint density at radius 1 is 1.21 bits per heavy atom. The van der Waals surface area contributed by atoms with Crippen LogP contribution in [0.2, 0.25) is 0 Å². The Balaban J connectivity index is 1.52. The lowest BCUT2D eigenvalue weighted by Gasteiger charge is -2.23. The van der Waals surface area contributed by atoms with Gasteiger partial charge in [0.15, 0.2) is 11.5 Å². The van der Waals surface area contributed by atoms with Gasteiger partial charge in [-0.2, -0.15) is 11.8 Å². The van der Waals surface area contributed by atoms with E-state index in [0.29, 0.717) is 12.5 Å². The smallest absolute Gasteiger partial charge is 0.227 e. The molecule has 3 atom stereocenters. The summed E-state index contributed by atoms with van der Waals surface area (Å²) < 4.78 is 1.92. The molecule has 1 aliphatic heterocycles. The van der Waals surface area contributed by atoms with Crippen LogP contribution in [0.1, 0.15) is 56.5 Å². The van der Waals surface area contributed by atoms with Crippen LogP contribution in [0.25, 0.3) is 5.65 Å². The third-order valence-electron chi connectivity index (χ3n) is 6.45. The van der Waals surface area contributed by atoms with E-state index in [9.17, 15) is 9.59 Å². The molecule has 0 saturated carbocycles. The van der Waals surface area contributed by atoms with E-state index in [1.807, 2.05) is 53.3 Å². The molecule has 1 aromatic carbocycles. The van der Waals surface area contributed by atoms with Crippen molar-refractivity contribution >= 4 is 34.9 Å². The number of amides is 2. The predicted molar refractivity (Wildman–Crippen MR) is 132 cm³/mol. The summed E-state index contributed by atoms with van der Waals surface area (Å²) in [5.74, 6) is 1.45. The van der Waals surface area contributed by atoms with Crippen LogP contribution in [0.3, 0.4) is 0 Å². The molecule has 7 nitrogen and oxygen atoms in total. The van der Waals surface area contributed by atoms with E-state index in [0.717, 1.165) is 41.3 Å². The van der Waals surface area contributed by atoms with Gasteiger partial charge in [0, 0.05) is 24.8 Å². The van der Waals surface area contributed by atoms with Crippen LogP contribution in [0, 0.1) is 5.92 Å². The van der Waals surface area contributed by atoms with Gasteiger partial charge < -0.3 is 10.2 Å². The second kappa shape index (κ2) is 10.4. The van der Waals surface area contributed by atoms with Crippen LogP contribution in [0.5, 0.6) is 0 Å². The second-order valence-electron chi connectivity index (χ2n) is 8.60. The summed E-state index contributed by atoms with van der Waals surface area (Å²) in [6.45, 7) is 4.71. The molecule has 2 amide bonds. The van der Waals surface area contributed by atoms with Gasteiger partial charge in [0.05, 0.1) is 12.0 Å². The number of hydrogen-bond donors (Lipinski definition) is 1. The molecule has 0 radical (unpaired) electrons. The number of nitrogens with zero attached hydrogens (tertiary/aromatic N) is 4. The Bertz CT molecular complexity index is 1130. The summed E-state index contributed by atoms with van der Waals surface area (Å²) in [4.78, 5) is 28.0. The molecule has 3 heterocycles. The van der Waals surface area contributed by atoms with Gasteiger partial charge in [0.25, 0.3) is 0 Å². The molecule has 4 rings (SSSR count). The molecule has 1 N–H and O–H groups in total. The van der Waals surface area contributed by atoms with Crippen LogP contribution >= 0.6 is 11.8 Å². The third-order valence-corrected chi connectivity index (χ3v) is 7.09. The Kier molecular flexibility index (Phi) is 7.33. The molecular weight excluding hydrogens is 434 g/mol. The minimum absolute atomic E-state index is 0.000468. The van der Waals surface area contributed by atoms with Crippen LogP contribution in [0.4, 0.5) is 5.69 Å². The molecular formula is C25H31N5O2S. The van der Waals surface area contributed by atoms with Crippen molar-refractivity contribution in [3.63, 3.8) is 0 Å². The molecule has 174 valence electrons. The number of hydrogen-bond acceptors (Lipinski definition) is 5. The average molecular weight is 466 g/mol. The molecule has 3 unspecified atom stereocenters. The highest BCUT2D eigenvalue weighted by Crippen LogP contribution is 2.33. The summed E-state index contributed by atoms with van der Waals surface area (Å²) in [6, 6.07) is 13.5. The number of para-hydroxylation sites is 1. The highest BCUT2D eigenvalue weighted by molar-refractivity contribution is 7.98. The minimum Gasteiger partial charge on any atom is -0.346 e. The lowest BCUT2D eigenvalue weighted by atomic mass is 9.96. The van der Waals surface area contributed by atoms with Crippen molar-refractivity contribution in [3.8, 4) is 0 Å². The van der Waals surface area contributed by atoms with Gasteiger partial charge in [0.2, 0.25) is 11.8 Å². The van der Waals surface area contributed by atoms with Gasteiger partial charge in [0.1, 0.15) is 0 Å². The molecule has 1 aliphatic rings. The fourth-order valence-electron chi connectivity index (χ4n) is 4.37. The normalized spacial score (nSPS) is 18.0. The second-order valence-corrected chi connectivity index (χ2v) is 9.59. The van der Waals surface area contributed by atoms with Crippen molar-refractivity contribution in [2.24, 2.45) is 5.92 Å². The molecule has 3 aromatic rings. The average Bonchev–Trinajstić information content (AvgIpc) is 3.45. The van der Waals surface area contributed by atoms with Crippen LogP contribution in [-0.4, -0.2) is 45.0 Å². The maximum atomic E-state index is 13.3. The van der Waals surface area contributed by atoms with Crippen molar-refractivity contribution in [1.82, 2.24) is 19.9 Å². The predicted octanol–water partition coefficient (Wildman–Crippen LogP) is 4.21. The molecule has 1 fully saturated rings. The molecule has 0 spiro atoms. The van der Waals surface area contributed by atoms with E-state index < -0.39 is 5.92 Å². The van der Waals surface area contributed by atoms with E-state index in [1.165, 1.54) is 0 Å². The maximum Gasteiger partial charge on any atom is 0.227 e. The summed E-state index contributed by atoms with van der Waals surface area (Å²) in [7, 11) is 0. The van der Waals surface area contributed by atoms with Crippen molar-refractivity contribution in [2.75, 3.05) is 23.5 Å². The van der Waals surface area contributed by atoms with Crippen LogP contribution in [-0.2, 0) is 9.59 Å². The first-order valence-corrected chi connectivity index (χ1v) is 12.9. The fourth-order valence-corrected chi connectivity index (χ4v) is 4.85. The number of nitrogens with one attached hydrogen (secondary N) is 1. The van der Waals surface area contributed by atoms with Crippen molar-refractivity contribution in [1.29, 1.82) is 0 Å². The largest absolute Gasteiger partial charge is 0.346 e. The highest BCUT2D eigenvalue weighted by Gasteiger charge is 2.37. The van der Waals surface area contributed by atoms with Gasteiger partial charge >= 0.3 is 0 Å². The zero-order chi connectivity index (χ0) is 23.4. The number of rotatable bonds is 9. The lowest BCUT2D eigenvalue weighted by molar-refractivity contribution is -0.127. The van der Waals surface area contributed by atoms with Crippen molar-refractivity contribution < 1.29 is 9.59 Å². The van der Waals surface area contributed by atoms with Crippen LogP contribution in [0.15, 0.2) is 48.7 Å².